The maximum absolute atomic E-state index is 6.18. The fourth-order valence-electron chi connectivity index (χ4n) is 3.50. The summed E-state index contributed by atoms with van der Waals surface area (Å²) < 4.78 is 13.5. The molecule has 5 rings (SSSR count). The number of ether oxygens (including phenoxy) is 2. The molecule has 3 heterocycles. The molecule has 0 saturated carbocycles. The number of fused-ring (bicyclic) bond motifs is 3. The van der Waals surface area contributed by atoms with Crippen LogP contribution in [-0.2, 0) is 6.61 Å². The van der Waals surface area contributed by atoms with Crippen molar-refractivity contribution in [1.82, 2.24) is 14.4 Å². The lowest BCUT2D eigenvalue weighted by atomic mass is 10.1. The average Bonchev–Trinajstić information content (AvgIpc) is 3.22. The third-order valence-electron chi connectivity index (χ3n) is 4.96. The van der Waals surface area contributed by atoms with Gasteiger partial charge in [0.1, 0.15) is 23.9 Å². The fourth-order valence-corrected chi connectivity index (χ4v) is 3.50. The highest BCUT2D eigenvalue weighted by molar-refractivity contribution is 6.00. The number of hydrogen-bond acceptors (Lipinski definition) is 4. The quantitative estimate of drug-likeness (QED) is 0.423. The zero-order valence-corrected chi connectivity index (χ0v) is 15.9. The summed E-state index contributed by atoms with van der Waals surface area (Å²) in [5.74, 6) is 2.47. The monoisotopic (exact) mass is 381 g/mol. The van der Waals surface area contributed by atoms with Crippen molar-refractivity contribution >= 4 is 16.3 Å². The highest BCUT2D eigenvalue weighted by Crippen LogP contribution is 2.33. The van der Waals surface area contributed by atoms with E-state index in [0.717, 1.165) is 44.9 Å². The molecule has 0 aliphatic heterocycles. The number of hydrogen-bond donors (Lipinski definition) is 0. The van der Waals surface area contributed by atoms with Gasteiger partial charge in [-0.05, 0) is 36.4 Å². The van der Waals surface area contributed by atoms with E-state index in [4.69, 9.17) is 9.47 Å². The summed E-state index contributed by atoms with van der Waals surface area (Å²) in [7, 11) is 1.66. The Balaban J connectivity index is 1.63. The van der Waals surface area contributed by atoms with Crippen molar-refractivity contribution in [3.63, 3.8) is 0 Å². The second kappa shape index (κ2) is 7.28. The molecule has 29 heavy (non-hydrogen) atoms. The Labute approximate surface area is 168 Å². The maximum Gasteiger partial charge on any atom is 0.144 e. The molecule has 142 valence electrons. The van der Waals surface area contributed by atoms with Gasteiger partial charge in [0, 0.05) is 22.5 Å². The SMILES string of the molecule is COc1ccc(-c2ncc3c4ccccc4c(OCc4ccccn4)cn23)cc1. The van der Waals surface area contributed by atoms with E-state index in [1.165, 1.54) is 0 Å². The van der Waals surface area contributed by atoms with Crippen molar-refractivity contribution in [3.05, 3.63) is 91.0 Å². The Hall–Kier alpha value is -3.86. The Morgan fingerprint density at radius 1 is 0.862 bits per heavy atom. The number of pyridine rings is 2. The molecule has 0 unspecified atom stereocenters. The minimum absolute atomic E-state index is 0.406. The largest absolute Gasteiger partial charge is 0.497 e. The molecule has 0 aliphatic rings. The zero-order valence-electron chi connectivity index (χ0n) is 15.9. The van der Waals surface area contributed by atoms with E-state index in [1.807, 2.05) is 67.0 Å². The van der Waals surface area contributed by atoms with Gasteiger partial charge in [0.15, 0.2) is 0 Å². The average molecular weight is 381 g/mol. The summed E-state index contributed by atoms with van der Waals surface area (Å²) in [4.78, 5) is 9.04. The lowest BCUT2D eigenvalue weighted by molar-refractivity contribution is 0.303. The Bertz CT molecular complexity index is 1280. The molecule has 0 atom stereocenters. The van der Waals surface area contributed by atoms with Crippen molar-refractivity contribution in [2.24, 2.45) is 0 Å². The van der Waals surface area contributed by atoms with Gasteiger partial charge in [-0.15, -0.1) is 0 Å². The molecule has 0 amide bonds. The molecule has 0 N–H and O–H groups in total. The van der Waals surface area contributed by atoms with Crippen LogP contribution in [0.5, 0.6) is 11.5 Å². The van der Waals surface area contributed by atoms with Crippen LogP contribution in [0.4, 0.5) is 0 Å². The van der Waals surface area contributed by atoms with Gasteiger partial charge in [-0.2, -0.15) is 0 Å². The minimum Gasteiger partial charge on any atom is -0.497 e. The van der Waals surface area contributed by atoms with E-state index in [1.54, 1.807) is 13.3 Å². The summed E-state index contributed by atoms with van der Waals surface area (Å²) >= 11 is 0. The molecule has 0 spiro atoms. The molecule has 0 bridgehead atoms. The van der Waals surface area contributed by atoms with Crippen molar-refractivity contribution in [2.45, 2.75) is 6.61 Å². The second-order valence-corrected chi connectivity index (χ2v) is 6.71. The van der Waals surface area contributed by atoms with Gasteiger partial charge in [-0.25, -0.2) is 4.98 Å². The lowest BCUT2D eigenvalue weighted by Crippen LogP contribution is -2.00. The maximum atomic E-state index is 6.18. The summed E-state index contributed by atoms with van der Waals surface area (Å²) in [6, 6.07) is 21.9. The molecule has 5 nitrogen and oxygen atoms in total. The van der Waals surface area contributed by atoms with Crippen LogP contribution >= 0.6 is 0 Å². The summed E-state index contributed by atoms with van der Waals surface area (Å²) in [6.07, 6.45) is 5.69. The molecule has 0 fully saturated rings. The topological polar surface area (TPSA) is 48.7 Å². The molecule has 5 aromatic rings. The van der Waals surface area contributed by atoms with Crippen molar-refractivity contribution in [3.8, 4) is 22.9 Å². The van der Waals surface area contributed by atoms with Crippen LogP contribution in [0, 0.1) is 0 Å². The van der Waals surface area contributed by atoms with Crippen LogP contribution < -0.4 is 9.47 Å². The number of nitrogens with zero attached hydrogens (tertiary/aromatic N) is 3. The third kappa shape index (κ3) is 3.17. The second-order valence-electron chi connectivity index (χ2n) is 6.71. The molecule has 0 aliphatic carbocycles. The smallest absolute Gasteiger partial charge is 0.144 e. The number of imidazole rings is 1. The Morgan fingerprint density at radius 2 is 1.66 bits per heavy atom. The van der Waals surface area contributed by atoms with Crippen LogP contribution in [0.15, 0.2) is 85.3 Å². The Morgan fingerprint density at radius 3 is 2.41 bits per heavy atom. The van der Waals surface area contributed by atoms with Crippen molar-refractivity contribution < 1.29 is 9.47 Å². The number of benzene rings is 2. The van der Waals surface area contributed by atoms with Gasteiger partial charge >= 0.3 is 0 Å². The lowest BCUT2D eigenvalue weighted by Gasteiger charge is -2.12. The molecular formula is C24H19N3O2. The van der Waals surface area contributed by atoms with Crippen LogP contribution in [0.3, 0.4) is 0 Å². The van der Waals surface area contributed by atoms with E-state index < -0.39 is 0 Å². The first-order chi connectivity index (χ1) is 14.3. The van der Waals surface area contributed by atoms with Crippen LogP contribution in [0.2, 0.25) is 0 Å². The zero-order chi connectivity index (χ0) is 19.6. The van der Waals surface area contributed by atoms with E-state index in [2.05, 4.69) is 26.5 Å². The first-order valence-corrected chi connectivity index (χ1v) is 9.39. The van der Waals surface area contributed by atoms with Gasteiger partial charge in [-0.3, -0.25) is 9.38 Å². The van der Waals surface area contributed by atoms with Crippen LogP contribution in [-0.4, -0.2) is 21.5 Å². The molecule has 5 heteroatoms. The van der Waals surface area contributed by atoms with E-state index in [9.17, 15) is 0 Å². The van der Waals surface area contributed by atoms with Gasteiger partial charge in [0.2, 0.25) is 0 Å². The Kier molecular flexibility index (Phi) is 4.33. The van der Waals surface area contributed by atoms with Gasteiger partial charge < -0.3 is 9.47 Å². The summed E-state index contributed by atoms with van der Waals surface area (Å²) in [5, 5.41) is 2.15. The van der Waals surface area contributed by atoms with E-state index >= 15 is 0 Å². The first kappa shape index (κ1) is 17.3. The number of rotatable bonds is 5. The number of aromatic nitrogens is 3. The fraction of sp³-hybridized carbons (Fsp3) is 0.0833. The first-order valence-electron chi connectivity index (χ1n) is 9.39. The molecule has 3 aromatic heterocycles. The number of methoxy groups -OCH3 is 1. The predicted octanol–water partition coefficient (Wildman–Crippen LogP) is 5.14. The van der Waals surface area contributed by atoms with Gasteiger partial charge in [-0.1, -0.05) is 30.3 Å². The van der Waals surface area contributed by atoms with Crippen molar-refractivity contribution in [2.75, 3.05) is 7.11 Å². The normalized spacial score (nSPS) is 11.1. The molecule has 0 radical (unpaired) electrons. The third-order valence-corrected chi connectivity index (χ3v) is 4.96. The molecule has 0 saturated heterocycles. The van der Waals surface area contributed by atoms with Crippen LogP contribution in [0.25, 0.3) is 27.7 Å². The summed E-state index contributed by atoms with van der Waals surface area (Å²) in [6.45, 7) is 0.406. The standard InChI is InChI=1S/C24H19N3O2/c1-28-19-11-9-17(10-12-19)24-26-14-22-20-7-2-3-8-21(20)23(15-27(22)24)29-16-18-6-4-5-13-25-18/h2-15H,16H2,1H3. The predicted molar refractivity (Wildman–Crippen MR) is 113 cm³/mol. The highest BCUT2D eigenvalue weighted by Gasteiger charge is 2.13. The molecular weight excluding hydrogens is 362 g/mol. The highest BCUT2D eigenvalue weighted by atomic mass is 16.5. The van der Waals surface area contributed by atoms with Crippen molar-refractivity contribution in [1.29, 1.82) is 0 Å². The molecule has 2 aromatic carbocycles. The van der Waals surface area contributed by atoms with Gasteiger partial charge in [0.25, 0.3) is 0 Å². The van der Waals surface area contributed by atoms with E-state index in [-0.39, 0.29) is 0 Å². The summed E-state index contributed by atoms with van der Waals surface area (Å²) in [5.41, 5.74) is 2.94. The van der Waals surface area contributed by atoms with E-state index in [0.29, 0.717) is 6.61 Å². The van der Waals surface area contributed by atoms with Gasteiger partial charge in [0.05, 0.1) is 30.7 Å². The minimum atomic E-state index is 0.406. The van der Waals surface area contributed by atoms with Crippen LogP contribution in [0.1, 0.15) is 5.69 Å².